The van der Waals surface area contributed by atoms with Gasteiger partial charge >= 0.3 is 0 Å². The first-order chi connectivity index (χ1) is 15.3. The molecule has 1 saturated carbocycles. The first-order valence-corrected chi connectivity index (χ1v) is 11.9. The molecule has 1 saturated heterocycles. The van der Waals surface area contributed by atoms with Crippen molar-refractivity contribution in [1.82, 2.24) is 15.5 Å². The van der Waals surface area contributed by atoms with Gasteiger partial charge in [0.25, 0.3) is 0 Å². The third-order valence-electron chi connectivity index (χ3n) is 6.02. The van der Waals surface area contributed by atoms with Crippen LogP contribution in [0.5, 0.6) is 5.75 Å². The van der Waals surface area contributed by atoms with Crippen molar-refractivity contribution in [2.75, 3.05) is 59.7 Å². The van der Waals surface area contributed by atoms with E-state index in [9.17, 15) is 0 Å². The van der Waals surface area contributed by atoms with Crippen molar-refractivity contribution in [1.29, 1.82) is 0 Å². The van der Waals surface area contributed by atoms with Crippen molar-refractivity contribution in [3.8, 4) is 5.75 Å². The summed E-state index contributed by atoms with van der Waals surface area (Å²) in [5, 5.41) is 6.85. The Morgan fingerprint density at radius 1 is 1.16 bits per heavy atom. The molecule has 1 aromatic carbocycles. The Labute approximate surface area is 187 Å². The lowest BCUT2D eigenvalue weighted by Gasteiger charge is -2.34. The molecule has 0 spiro atoms. The fraction of sp³-hybridized carbons (Fsp3) is 0.708. The molecule has 1 aliphatic carbocycles. The van der Waals surface area contributed by atoms with Crippen LogP contribution < -0.4 is 15.4 Å². The maximum atomic E-state index is 5.97. The predicted molar refractivity (Wildman–Crippen MR) is 125 cm³/mol. The van der Waals surface area contributed by atoms with Crippen molar-refractivity contribution in [2.24, 2.45) is 4.99 Å². The summed E-state index contributed by atoms with van der Waals surface area (Å²) in [4.78, 5) is 7.39. The van der Waals surface area contributed by atoms with Crippen LogP contribution in [0.25, 0.3) is 0 Å². The molecular formula is C24H40N4O3. The Bertz CT molecular complexity index is 641. The number of hydrogen-bond donors (Lipinski definition) is 2. The average Bonchev–Trinajstić information content (AvgIpc) is 3.33. The number of benzene rings is 1. The van der Waals surface area contributed by atoms with E-state index in [2.05, 4.69) is 34.6 Å². The van der Waals surface area contributed by atoms with E-state index in [-0.39, 0.29) is 6.04 Å². The van der Waals surface area contributed by atoms with Crippen LogP contribution in [0, 0.1) is 0 Å². The van der Waals surface area contributed by atoms with Crippen LogP contribution in [0.1, 0.15) is 50.6 Å². The molecule has 2 aliphatic rings. The van der Waals surface area contributed by atoms with E-state index in [1.165, 1.54) is 31.2 Å². The van der Waals surface area contributed by atoms with Crippen LogP contribution in [0.2, 0.25) is 0 Å². The van der Waals surface area contributed by atoms with Crippen LogP contribution in [0.4, 0.5) is 0 Å². The Kier molecular flexibility index (Phi) is 10.4. The van der Waals surface area contributed by atoms with Gasteiger partial charge in [-0.25, -0.2) is 0 Å². The molecule has 2 fully saturated rings. The van der Waals surface area contributed by atoms with Gasteiger partial charge < -0.3 is 24.8 Å². The molecule has 1 atom stereocenters. The zero-order chi connectivity index (χ0) is 21.7. The monoisotopic (exact) mass is 432 g/mol. The molecule has 31 heavy (non-hydrogen) atoms. The van der Waals surface area contributed by atoms with Gasteiger partial charge in [-0.15, -0.1) is 0 Å². The Balaban J connectivity index is 1.55. The number of guanidine groups is 1. The minimum Gasteiger partial charge on any atom is -0.497 e. The van der Waals surface area contributed by atoms with E-state index in [1.54, 1.807) is 7.11 Å². The lowest BCUT2D eigenvalue weighted by molar-refractivity contribution is 0.0179. The summed E-state index contributed by atoms with van der Waals surface area (Å²) in [6.07, 6.45) is 6.57. The van der Waals surface area contributed by atoms with Crippen LogP contribution >= 0.6 is 0 Å². The van der Waals surface area contributed by atoms with Gasteiger partial charge in [0.2, 0.25) is 0 Å². The highest BCUT2D eigenvalue weighted by Crippen LogP contribution is 2.24. The van der Waals surface area contributed by atoms with Crippen molar-refractivity contribution in [3.05, 3.63) is 29.8 Å². The summed E-state index contributed by atoms with van der Waals surface area (Å²) < 4.78 is 16.9. The van der Waals surface area contributed by atoms with E-state index in [0.717, 1.165) is 64.1 Å². The van der Waals surface area contributed by atoms with Gasteiger partial charge in [0.05, 0.1) is 39.0 Å². The molecule has 1 aromatic rings. The minimum atomic E-state index is 0.218. The molecule has 2 N–H and O–H groups in total. The van der Waals surface area contributed by atoms with Gasteiger partial charge in [-0.3, -0.25) is 9.89 Å². The summed E-state index contributed by atoms with van der Waals surface area (Å²) in [5.74, 6) is 1.75. The number of nitrogens with zero attached hydrogens (tertiary/aromatic N) is 2. The van der Waals surface area contributed by atoms with E-state index in [0.29, 0.717) is 12.6 Å². The maximum Gasteiger partial charge on any atom is 0.191 e. The van der Waals surface area contributed by atoms with E-state index in [4.69, 9.17) is 19.2 Å². The largest absolute Gasteiger partial charge is 0.497 e. The number of nitrogens with one attached hydrogen (secondary N) is 2. The molecule has 174 valence electrons. The first kappa shape index (κ1) is 23.8. The van der Waals surface area contributed by atoms with Gasteiger partial charge in [-0.2, -0.15) is 0 Å². The molecule has 0 amide bonds. The number of morpholine rings is 1. The smallest absolute Gasteiger partial charge is 0.191 e. The minimum absolute atomic E-state index is 0.218. The average molecular weight is 433 g/mol. The van der Waals surface area contributed by atoms with E-state index in [1.807, 2.05) is 12.1 Å². The second kappa shape index (κ2) is 13.6. The lowest BCUT2D eigenvalue weighted by Crippen LogP contribution is -2.42. The lowest BCUT2D eigenvalue weighted by atomic mass is 10.0. The number of methoxy groups -OCH3 is 1. The molecule has 1 heterocycles. The highest BCUT2D eigenvalue weighted by Gasteiger charge is 2.22. The summed E-state index contributed by atoms with van der Waals surface area (Å²) in [7, 11) is 1.70. The summed E-state index contributed by atoms with van der Waals surface area (Å²) in [5.41, 5.74) is 1.26. The Hall–Kier alpha value is -1.83. The fourth-order valence-corrected chi connectivity index (χ4v) is 4.25. The standard InChI is InChI=1S/C24H40N4O3/c1-3-25-24(26-13-6-16-31-22-7-4-5-8-22)27-19-23(28-14-17-30-18-15-28)20-9-11-21(29-2)12-10-20/h9-12,22-23H,3-8,13-19H2,1-2H3,(H2,25,26,27). The number of ether oxygens (including phenoxy) is 3. The van der Waals surface area contributed by atoms with Crippen molar-refractivity contribution >= 4 is 5.96 Å². The Morgan fingerprint density at radius 3 is 2.58 bits per heavy atom. The second-order valence-electron chi connectivity index (χ2n) is 8.21. The summed E-state index contributed by atoms with van der Waals surface area (Å²) in [6.45, 7) is 8.72. The number of hydrogen-bond acceptors (Lipinski definition) is 5. The third-order valence-corrected chi connectivity index (χ3v) is 6.02. The third kappa shape index (κ3) is 7.98. The molecule has 0 bridgehead atoms. The topological polar surface area (TPSA) is 67.4 Å². The zero-order valence-corrected chi connectivity index (χ0v) is 19.3. The highest BCUT2D eigenvalue weighted by molar-refractivity contribution is 5.79. The predicted octanol–water partition coefficient (Wildman–Crippen LogP) is 2.97. The fourth-order valence-electron chi connectivity index (χ4n) is 4.25. The molecule has 0 aromatic heterocycles. The van der Waals surface area contributed by atoms with Gasteiger partial charge in [-0.05, 0) is 43.9 Å². The molecule has 3 rings (SSSR count). The SMILES string of the molecule is CCNC(=NCC(c1ccc(OC)cc1)N1CCOCC1)NCCCOC1CCCC1. The zero-order valence-electron chi connectivity index (χ0n) is 19.3. The number of rotatable bonds is 11. The molecule has 1 aliphatic heterocycles. The van der Waals surface area contributed by atoms with Crippen molar-refractivity contribution in [3.63, 3.8) is 0 Å². The molecule has 7 heteroatoms. The molecule has 0 radical (unpaired) electrons. The van der Waals surface area contributed by atoms with E-state index < -0.39 is 0 Å². The van der Waals surface area contributed by atoms with Crippen LogP contribution in [-0.2, 0) is 9.47 Å². The molecular weight excluding hydrogens is 392 g/mol. The van der Waals surface area contributed by atoms with E-state index >= 15 is 0 Å². The quantitative estimate of drug-likeness (QED) is 0.318. The molecule has 1 unspecified atom stereocenters. The van der Waals surface area contributed by atoms with Crippen LogP contribution in [0.3, 0.4) is 0 Å². The van der Waals surface area contributed by atoms with Gasteiger partial charge in [0, 0.05) is 32.8 Å². The van der Waals surface area contributed by atoms with Crippen LogP contribution in [0.15, 0.2) is 29.3 Å². The molecule has 7 nitrogen and oxygen atoms in total. The first-order valence-electron chi connectivity index (χ1n) is 11.9. The second-order valence-corrected chi connectivity index (χ2v) is 8.21. The van der Waals surface area contributed by atoms with Gasteiger partial charge in [0.1, 0.15) is 5.75 Å². The normalized spacial score (nSPS) is 19.4. The Morgan fingerprint density at radius 2 is 1.90 bits per heavy atom. The maximum absolute atomic E-state index is 5.97. The highest BCUT2D eigenvalue weighted by atomic mass is 16.5. The summed E-state index contributed by atoms with van der Waals surface area (Å²) >= 11 is 0. The van der Waals surface area contributed by atoms with Gasteiger partial charge in [0.15, 0.2) is 5.96 Å². The van der Waals surface area contributed by atoms with Gasteiger partial charge in [-0.1, -0.05) is 25.0 Å². The van der Waals surface area contributed by atoms with Crippen molar-refractivity contribution < 1.29 is 14.2 Å². The number of aliphatic imine (C=N–C) groups is 1. The van der Waals surface area contributed by atoms with Crippen LogP contribution in [-0.4, -0.2) is 76.6 Å². The summed E-state index contributed by atoms with van der Waals surface area (Å²) in [6, 6.07) is 8.57. The van der Waals surface area contributed by atoms with Crippen molar-refractivity contribution in [2.45, 2.75) is 51.2 Å².